The van der Waals surface area contributed by atoms with Gasteiger partial charge in [0.1, 0.15) is 10.8 Å². The van der Waals surface area contributed by atoms with Crippen molar-refractivity contribution in [2.45, 2.75) is 38.6 Å². The molecule has 0 bridgehead atoms. The Kier molecular flexibility index (Phi) is 4.88. The van der Waals surface area contributed by atoms with Crippen molar-refractivity contribution in [1.29, 1.82) is 0 Å². The molecule has 1 aliphatic rings. The van der Waals surface area contributed by atoms with Crippen LogP contribution in [0.5, 0.6) is 5.75 Å². The molecule has 1 aliphatic heterocycles. The van der Waals surface area contributed by atoms with Gasteiger partial charge in [0.2, 0.25) is 0 Å². The summed E-state index contributed by atoms with van der Waals surface area (Å²) in [6, 6.07) is 8.70. The summed E-state index contributed by atoms with van der Waals surface area (Å²) in [6.45, 7) is 4.00. The Bertz CT molecular complexity index is 558. The first-order chi connectivity index (χ1) is 10.4. The second kappa shape index (κ2) is 7.05. The Hall–Kier alpha value is -1.39. The Labute approximate surface area is 130 Å². The standard InChI is InChI=1S/C17H22N2OS/c1-2-11-20-14-8-6-13(7-9-14)16-12-21-17(19-16)15-5-3-4-10-18-15/h6-9,12,15,18H,2-5,10-11H2,1H3. The summed E-state index contributed by atoms with van der Waals surface area (Å²) in [5.74, 6) is 0.935. The predicted molar refractivity (Wildman–Crippen MR) is 87.9 cm³/mol. The first kappa shape index (κ1) is 14.5. The maximum absolute atomic E-state index is 5.62. The molecular formula is C17H22N2OS. The number of hydrogen-bond acceptors (Lipinski definition) is 4. The van der Waals surface area contributed by atoms with E-state index in [0.717, 1.165) is 36.6 Å². The van der Waals surface area contributed by atoms with Gasteiger partial charge < -0.3 is 10.1 Å². The van der Waals surface area contributed by atoms with Crippen LogP contribution in [0.3, 0.4) is 0 Å². The third-order valence-electron chi connectivity index (χ3n) is 3.75. The largest absolute Gasteiger partial charge is 0.494 e. The molecule has 3 rings (SSSR count). The number of piperidine rings is 1. The minimum atomic E-state index is 0.449. The van der Waals surface area contributed by atoms with Gasteiger partial charge >= 0.3 is 0 Å². The number of thiazole rings is 1. The SMILES string of the molecule is CCCOc1ccc(-c2csc(C3CCCCN3)n2)cc1. The molecule has 0 radical (unpaired) electrons. The average Bonchev–Trinajstić information content (AvgIpc) is 3.04. The summed E-state index contributed by atoms with van der Waals surface area (Å²) < 4.78 is 5.62. The van der Waals surface area contributed by atoms with E-state index in [1.165, 1.54) is 24.3 Å². The van der Waals surface area contributed by atoms with Gasteiger partial charge in [0, 0.05) is 10.9 Å². The minimum Gasteiger partial charge on any atom is -0.494 e. The van der Waals surface area contributed by atoms with E-state index in [2.05, 4.69) is 29.8 Å². The zero-order chi connectivity index (χ0) is 14.5. The maximum atomic E-state index is 5.62. The summed E-state index contributed by atoms with van der Waals surface area (Å²) in [4.78, 5) is 4.81. The molecule has 1 unspecified atom stereocenters. The lowest BCUT2D eigenvalue weighted by Gasteiger charge is -2.21. The molecule has 1 saturated heterocycles. The van der Waals surface area contributed by atoms with Crippen molar-refractivity contribution in [2.24, 2.45) is 0 Å². The van der Waals surface area contributed by atoms with Crippen molar-refractivity contribution in [3.05, 3.63) is 34.7 Å². The van der Waals surface area contributed by atoms with Crippen LogP contribution < -0.4 is 10.1 Å². The van der Waals surface area contributed by atoms with E-state index in [1.807, 2.05) is 12.1 Å². The zero-order valence-electron chi connectivity index (χ0n) is 12.5. The predicted octanol–water partition coefficient (Wildman–Crippen LogP) is 4.41. The van der Waals surface area contributed by atoms with E-state index >= 15 is 0 Å². The molecule has 2 heterocycles. The van der Waals surface area contributed by atoms with Crippen LogP contribution in [-0.2, 0) is 0 Å². The molecule has 1 aromatic carbocycles. The van der Waals surface area contributed by atoms with Gasteiger partial charge in [0.05, 0.1) is 18.3 Å². The van der Waals surface area contributed by atoms with Crippen molar-refractivity contribution in [1.82, 2.24) is 10.3 Å². The molecule has 21 heavy (non-hydrogen) atoms. The van der Waals surface area contributed by atoms with Gasteiger partial charge in [-0.25, -0.2) is 4.98 Å². The molecule has 4 heteroatoms. The summed E-state index contributed by atoms with van der Waals surface area (Å²) >= 11 is 1.76. The smallest absolute Gasteiger partial charge is 0.119 e. The van der Waals surface area contributed by atoms with Crippen LogP contribution in [0.4, 0.5) is 0 Å². The first-order valence-corrected chi connectivity index (χ1v) is 8.67. The molecule has 112 valence electrons. The van der Waals surface area contributed by atoms with Gasteiger partial charge in [-0.05, 0) is 50.1 Å². The van der Waals surface area contributed by atoms with Crippen molar-refractivity contribution in [3.8, 4) is 17.0 Å². The molecular weight excluding hydrogens is 280 g/mol. The Balaban J connectivity index is 1.70. The fourth-order valence-electron chi connectivity index (χ4n) is 2.58. The molecule has 0 aliphatic carbocycles. The molecule has 1 N–H and O–H groups in total. The maximum Gasteiger partial charge on any atom is 0.119 e. The summed E-state index contributed by atoms with van der Waals surface area (Å²) in [5.41, 5.74) is 2.24. The average molecular weight is 302 g/mol. The van der Waals surface area contributed by atoms with Gasteiger partial charge in [0.15, 0.2) is 0 Å². The van der Waals surface area contributed by atoms with Crippen LogP contribution in [0.15, 0.2) is 29.6 Å². The van der Waals surface area contributed by atoms with Gasteiger partial charge in [-0.2, -0.15) is 0 Å². The fraction of sp³-hybridized carbons (Fsp3) is 0.471. The van der Waals surface area contributed by atoms with Crippen LogP contribution in [0.2, 0.25) is 0 Å². The van der Waals surface area contributed by atoms with E-state index in [-0.39, 0.29) is 0 Å². The molecule has 0 saturated carbocycles. The number of benzene rings is 1. The molecule has 1 atom stereocenters. The molecule has 1 aromatic heterocycles. The highest BCUT2D eigenvalue weighted by Gasteiger charge is 2.18. The van der Waals surface area contributed by atoms with Crippen molar-refractivity contribution in [2.75, 3.05) is 13.2 Å². The van der Waals surface area contributed by atoms with Crippen molar-refractivity contribution in [3.63, 3.8) is 0 Å². The van der Waals surface area contributed by atoms with Gasteiger partial charge in [-0.1, -0.05) is 13.3 Å². The molecule has 0 spiro atoms. The highest BCUT2D eigenvalue weighted by Crippen LogP contribution is 2.30. The lowest BCUT2D eigenvalue weighted by Crippen LogP contribution is -2.26. The Morgan fingerprint density at radius 3 is 2.86 bits per heavy atom. The van der Waals surface area contributed by atoms with Crippen LogP contribution in [0, 0.1) is 0 Å². The summed E-state index contributed by atoms with van der Waals surface area (Å²) in [7, 11) is 0. The zero-order valence-corrected chi connectivity index (χ0v) is 13.3. The first-order valence-electron chi connectivity index (χ1n) is 7.79. The number of ether oxygens (including phenoxy) is 1. The molecule has 2 aromatic rings. The van der Waals surface area contributed by atoms with Crippen LogP contribution in [0.1, 0.15) is 43.7 Å². The Morgan fingerprint density at radius 2 is 2.14 bits per heavy atom. The topological polar surface area (TPSA) is 34.1 Å². The highest BCUT2D eigenvalue weighted by atomic mass is 32.1. The monoisotopic (exact) mass is 302 g/mol. The summed E-state index contributed by atoms with van der Waals surface area (Å²) in [6.07, 6.45) is 4.83. The van der Waals surface area contributed by atoms with Crippen molar-refractivity contribution < 1.29 is 4.74 Å². The lowest BCUT2D eigenvalue weighted by molar-refractivity contribution is 0.317. The molecule has 1 fully saturated rings. The van der Waals surface area contributed by atoms with Gasteiger partial charge in [-0.3, -0.25) is 0 Å². The third-order valence-corrected chi connectivity index (χ3v) is 4.71. The van der Waals surface area contributed by atoms with E-state index in [4.69, 9.17) is 9.72 Å². The van der Waals surface area contributed by atoms with Crippen LogP contribution in [-0.4, -0.2) is 18.1 Å². The van der Waals surface area contributed by atoms with E-state index in [0.29, 0.717) is 6.04 Å². The molecule has 3 nitrogen and oxygen atoms in total. The quantitative estimate of drug-likeness (QED) is 0.888. The summed E-state index contributed by atoms with van der Waals surface area (Å²) in [5, 5.41) is 6.94. The van der Waals surface area contributed by atoms with E-state index in [9.17, 15) is 0 Å². The fourth-order valence-corrected chi connectivity index (χ4v) is 3.52. The van der Waals surface area contributed by atoms with Crippen LogP contribution >= 0.6 is 11.3 Å². The lowest BCUT2D eigenvalue weighted by atomic mass is 10.1. The number of aromatic nitrogens is 1. The van der Waals surface area contributed by atoms with E-state index in [1.54, 1.807) is 11.3 Å². The van der Waals surface area contributed by atoms with Gasteiger partial charge in [0.25, 0.3) is 0 Å². The second-order valence-corrected chi connectivity index (χ2v) is 6.34. The number of nitrogens with one attached hydrogen (secondary N) is 1. The number of rotatable bonds is 5. The number of nitrogens with zero attached hydrogens (tertiary/aromatic N) is 1. The Morgan fingerprint density at radius 1 is 1.29 bits per heavy atom. The minimum absolute atomic E-state index is 0.449. The number of hydrogen-bond donors (Lipinski definition) is 1. The van der Waals surface area contributed by atoms with Crippen LogP contribution in [0.25, 0.3) is 11.3 Å². The molecule has 0 amide bonds. The van der Waals surface area contributed by atoms with Gasteiger partial charge in [-0.15, -0.1) is 11.3 Å². The highest BCUT2D eigenvalue weighted by molar-refractivity contribution is 7.10. The normalized spacial score (nSPS) is 18.6. The second-order valence-electron chi connectivity index (χ2n) is 5.45. The van der Waals surface area contributed by atoms with E-state index < -0.39 is 0 Å². The third kappa shape index (κ3) is 3.63. The van der Waals surface area contributed by atoms with Crippen molar-refractivity contribution >= 4 is 11.3 Å².